The molecule has 2 aliphatic carbocycles. The molecule has 0 amide bonds. The largest absolute Gasteiger partial charge is 0.875 e. The highest BCUT2D eigenvalue weighted by atomic mass is 33.1. The molecule has 322 valence electrons. The van der Waals surface area contributed by atoms with Crippen LogP contribution in [0.25, 0.3) is 0 Å². The fourth-order valence-corrected chi connectivity index (χ4v) is 11.6. The molecule has 1 saturated carbocycles. The second-order valence-corrected chi connectivity index (χ2v) is 19.3. The lowest BCUT2D eigenvalue weighted by atomic mass is 9.79. The van der Waals surface area contributed by atoms with Crippen molar-refractivity contribution in [3.8, 4) is 29.1 Å². The number of nitrogens with zero attached hydrogens (tertiary/aromatic N) is 1. The van der Waals surface area contributed by atoms with E-state index in [1.165, 1.54) is 0 Å². The Morgan fingerprint density at radius 3 is 2.62 bits per heavy atom. The van der Waals surface area contributed by atoms with Gasteiger partial charge in [-0.3, -0.25) is 9.79 Å². The van der Waals surface area contributed by atoms with Gasteiger partial charge < -0.3 is 41.7 Å². The second-order valence-electron chi connectivity index (χ2n) is 16.8. The van der Waals surface area contributed by atoms with E-state index in [1.54, 1.807) is 47.3 Å². The average molecular weight is 863 g/mol. The minimum Gasteiger partial charge on any atom is -0.875 e. The van der Waals surface area contributed by atoms with Crippen LogP contribution in [0.1, 0.15) is 115 Å². The van der Waals surface area contributed by atoms with E-state index in [1.807, 2.05) is 35.1 Å². The van der Waals surface area contributed by atoms with Crippen molar-refractivity contribution in [2.24, 2.45) is 27.8 Å². The van der Waals surface area contributed by atoms with Crippen LogP contribution < -0.4 is 21.3 Å². The van der Waals surface area contributed by atoms with Crippen molar-refractivity contribution in [3.63, 3.8) is 0 Å². The van der Waals surface area contributed by atoms with Crippen LogP contribution in [0.2, 0.25) is 0 Å². The van der Waals surface area contributed by atoms with E-state index in [0.717, 1.165) is 72.1 Å². The molecule has 2 aliphatic heterocycles. The number of nitrogens with two attached hydrogens (primary N) is 2. The van der Waals surface area contributed by atoms with Crippen molar-refractivity contribution in [3.05, 3.63) is 123 Å². The first-order chi connectivity index (χ1) is 29.5. The molecule has 4 atom stereocenters. The van der Waals surface area contributed by atoms with Crippen molar-refractivity contribution >= 4 is 33.1 Å². The van der Waals surface area contributed by atoms with Crippen molar-refractivity contribution in [1.29, 1.82) is 0 Å². The number of phenolic OH excluding ortho intramolecular Hbond substituents is 2. The van der Waals surface area contributed by atoms with Crippen LogP contribution in [0, 0.1) is 23.2 Å². The van der Waals surface area contributed by atoms with Crippen LogP contribution in [-0.2, 0) is 23.4 Å². The third-order valence-corrected chi connectivity index (χ3v) is 14.9. The van der Waals surface area contributed by atoms with Crippen molar-refractivity contribution in [2.75, 3.05) is 19.0 Å². The van der Waals surface area contributed by atoms with Gasteiger partial charge in [0.2, 0.25) is 0 Å². The lowest BCUT2D eigenvalue weighted by molar-refractivity contribution is -0.307. The highest BCUT2D eigenvalue weighted by molar-refractivity contribution is 8.76. The number of ether oxygens (including phenoxy) is 1. The molecule has 4 aliphatic rings. The summed E-state index contributed by atoms with van der Waals surface area (Å²) in [5.41, 5.74) is 19.5. The zero-order valence-corrected chi connectivity index (χ0v) is 36.1. The molecule has 7 rings (SSSR count). The molecular weight excluding hydrogens is 807 g/mol. The lowest BCUT2D eigenvalue weighted by Crippen LogP contribution is -2.23. The molecule has 2 heterocycles. The quantitative estimate of drug-likeness (QED) is 0.0612. The topological polar surface area (TPSA) is 195 Å². The molecule has 8 N–H and O–H groups in total. The van der Waals surface area contributed by atoms with Crippen molar-refractivity contribution < 1.29 is 35.1 Å². The predicted molar refractivity (Wildman–Crippen MR) is 242 cm³/mol. The minimum absolute atomic E-state index is 0.00534. The molecule has 0 saturated heterocycles. The van der Waals surface area contributed by atoms with Gasteiger partial charge in [0.1, 0.15) is 5.75 Å². The maximum atomic E-state index is 14.1. The molecule has 61 heavy (non-hydrogen) atoms. The number of phenols is 2. The Morgan fingerprint density at radius 2 is 1.80 bits per heavy atom. The van der Waals surface area contributed by atoms with Gasteiger partial charge in [-0.05, 0) is 126 Å². The molecule has 0 aromatic heterocycles. The Hall–Kier alpha value is -4.48. The predicted octanol–water partition coefficient (Wildman–Crippen LogP) is 7.15. The van der Waals surface area contributed by atoms with Crippen molar-refractivity contribution in [2.45, 2.75) is 101 Å². The molecule has 3 aromatic rings. The number of hydrogen-bond acceptors (Lipinski definition) is 12. The number of hydrogen-bond donors (Lipinski definition) is 6. The summed E-state index contributed by atoms with van der Waals surface area (Å²) in [4.78, 5) is 17.8. The first-order valence-corrected chi connectivity index (χ1v) is 23.8. The molecule has 4 unspecified atom stereocenters. The summed E-state index contributed by atoms with van der Waals surface area (Å²) in [7, 11) is 3.55. The van der Waals surface area contributed by atoms with Gasteiger partial charge in [-0.25, -0.2) is 0 Å². The van der Waals surface area contributed by atoms with Crippen LogP contribution in [0.4, 0.5) is 0 Å². The summed E-state index contributed by atoms with van der Waals surface area (Å²) in [6.45, 7) is -0.00914. The van der Waals surface area contributed by atoms with Gasteiger partial charge in [-0.2, -0.15) is 0 Å². The monoisotopic (exact) mass is 862 g/mol. The maximum Gasteiger partial charge on any atom is 0.161 e. The van der Waals surface area contributed by atoms with Gasteiger partial charge in [0, 0.05) is 47.6 Å². The highest BCUT2D eigenvalue weighted by Crippen LogP contribution is 2.49. The fraction of sp³-hybridized carbons (Fsp3) is 0.429. The third kappa shape index (κ3) is 11.3. The van der Waals surface area contributed by atoms with Crippen LogP contribution in [0.15, 0.2) is 89.3 Å². The number of carbonyl (C=O) groups excluding carboxylic acids is 1. The molecule has 8 bridgehead atoms. The Labute approximate surface area is 366 Å². The number of fused-ring (bicyclic) bond motifs is 9. The number of carbonyl (C=O) groups is 1. The summed E-state index contributed by atoms with van der Waals surface area (Å²) in [5.74, 6) is 8.39. The number of aliphatic hydroxyl groups is 2. The Kier molecular flexibility index (Phi) is 15.0. The van der Waals surface area contributed by atoms with E-state index in [-0.39, 0.29) is 48.1 Å². The van der Waals surface area contributed by atoms with Crippen LogP contribution in [0.5, 0.6) is 17.2 Å². The number of allylic oxidation sites excluding steroid dienone is 5. The Bertz CT molecular complexity index is 2270. The van der Waals surface area contributed by atoms with Crippen LogP contribution in [-0.4, -0.2) is 57.0 Å². The minimum atomic E-state index is -0.761. The van der Waals surface area contributed by atoms with Crippen LogP contribution >= 0.6 is 21.6 Å². The number of aliphatic imine (C=N–C) groups is 1. The summed E-state index contributed by atoms with van der Waals surface area (Å²) >= 11 is 0. The van der Waals surface area contributed by atoms with Gasteiger partial charge in [0.15, 0.2) is 17.3 Å². The molecule has 12 heteroatoms. The SMILES string of the molecule is NC(N)c1cc2c3cc1CSSCC1CCC(CCCCC(O)CO)(C=CC(=O)CCc4ccc(O)c(c4)OCCc4ccc(O)c(c4)C3CC([O-])=C3C=CN=C3CC#C2)C1. The van der Waals surface area contributed by atoms with E-state index < -0.39 is 18.2 Å². The standard InChI is InChI=1S/C49H57N3O7S2/c50-48(51)40-24-34-4-3-6-43-38(15-20-52-43)46(58)26-41-39(34)25-35(40)30-61-60-29-33-13-18-49(27-33,17-2-1-5-37(55)28-53)19-14-36(54)10-7-31-9-12-45(57)47(23-31)59-21-16-32-8-11-44(56)42(41)22-32/h8-9,11-12,14-15,19-20,22-25,33,37,41,48,53,55-58H,1-2,5-7,10,13,16-18,21,26-30,50-51H2/p-1. The number of aryl methyl sites for hydroxylation is 1. The fourth-order valence-electron chi connectivity index (χ4n) is 9.02. The summed E-state index contributed by atoms with van der Waals surface area (Å²) in [5, 5.41) is 55.6. The number of aliphatic hydroxyl groups excluding tert-OH is 2. The molecule has 0 radical (unpaired) electrons. The number of aromatic hydroxyl groups is 2. The maximum absolute atomic E-state index is 14.1. The Balaban J connectivity index is 1.23. The molecule has 3 aromatic carbocycles. The molecule has 10 nitrogen and oxygen atoms in total. The average Bonchev–Trinajstić information content (AvgIpc) is 3.90. The van der Waals surface area contributed by atoms with Crippen LogP contribution in [0.3, 0.4) is 0 Å². The first kappa shape index (κ1) is 44.6. The zero-order chi connectivity index (χ0) is 42.9. The normalized spacial score (nSPS) is 22.6. The van der Waals surface area contributed by atoms with Gasteiger partial charge >= 0.3 is 0 Å². The van der Waals surface area contributed by atoms with E-state index >= 15 is 0 Å². The van der Waals surface area contributed by atoms with E-state index in [9.17, 15) is 30.3 Å². The number of unbranched alkanes of at least 4 members (excludes halogenated alkanes) is 1. The van der Waals surface area contributed by atoms with E-state index in [0.29, 0.717) is 71.9 Å². The first-order valence-electron chi connectivity index (χ1n) is 21.3. The van der Waals surface area contributed by atoms with Gasteiger partial charge in [0.05, 0.1) is 37.6 Å². The molecule has 1 fully saturated rings. The van der Waals surface area contributed by atoms with Gasteiger partial charge in [-0.15, -0.1) is 5.76 Å². The second kappa shape index (κ2) is 20.6. The number of ketones is 1. The number of benzene rings is 3. The summed E-state index contributed by atoms with van der Waals surface area (Å²) in [6, 6.07) is 14.6. The third-order valence-electron chi connectivity index (χ3n) is 12.4. The number of rotatable bonds is 7. The molecular formula is C49H56N3O7S2-. The van der Waals surface area contributed by atoms with E-state index in [4.69, 9.17) is 16.2 Å². The van der Waals surface area contributed by atoms with E-state index in [2.05, 4.69) is 29.0 Å². The summed E-state index contributed by atoms with van der Waals surface area (Å²) < 4.78 is 6.12. The zero-order valence-electron chi connectivity index (χ0n) is 34.5. The highest BCUT2D eigenvalue weighted by Gasteiger charge is 2.37. The molecule has 0 spiro atoms. The Morgan fingerprint density at radius 1 is 0.984 bits per heavy atom. The van der Waals surface area contributed by atoms with Gasteiger partial charge in [-0.1, -0.05) is 76.6 Å². The van der Waals surface area contributed by atoms with Gasteiger partial charge in [0.25, 0.3) is 0 Å². The van der Waals surface area contributed by atoms with Crippen molar-refractivity contribution in [1.82, 2.24) is 0 Å². The smallest absolute Gasteiger partial charge is 0.161 e. The summed E-state index contributed by atoms with van der Waals surface area (Å²) in [6.07, 6.45) is 13.6. The lowest BCUT2D eigenvalue weighted by Gasteiger charge is -2.28.